The molecule has 0 aliphatic rings. The van der Waals surface area contributed by atoms with E-state index in [0.717, 1.165) is 16.8 Å². The molecule has 0 saturated heterocycles. The number of nitrogens with two attached hydrogens (primary N) is 1. The Morgan fingerprint density at radius 1 is 1.11 bits per heavy atom. The van der Waals surface area contributed by atoms with Crippen molar-refractivity contribution in [3.05, 3.63) is 41.0 Å². The van der Waals surface area contributed by atoms with E-state index in [0.29, 0.717) is 11.6 Å². The molecule has 0 spiro atoms. The molecule has 0 amide bonds. The van der Waals surface area contributed by atoms with Crippen LogP contribution in [0.4, 0.5) is 5.82 Å². The number of rotatable bonds is 1. The largest absolute Gasteiger partial charge is 0.383 e. The van der Waals surface area contributed by atoms with Gasteiger partial charge in [-0.2, -0.15) is 0 Å². The highest BCUT2D eigenvalue weighted by Crippen LogP contribution is 2.34. The van der Waals surface area contributed by atoms with Crippen molar-refractivity contribution in [2.45, 2.75) is 13.8 Å². The minimum absolute atomic E-state index is 0.561. The van der Waals surface area contributed by atoms with Crippen LogP contribution in [0.2, 0.25) is 0 Å². The van der Waals surface area contributed by atoms with Crippen molar-refractivity contribution in [3.63, 3.8) is 0 Å². The Labute approximate surface area is 109 Å². The number of thiophene rings is 1. The topological polar surface area (TPSA) is 51.8 Å². The second kappa shape index (κ2) is 4.07. The first-order chi connectivity index (χ1) is 8.66. The van der Waals surface area contributed by atoms with Crippen molar-refractivity contribution in [1.29, 1.82) is 0 Å². The molecule has 3 rings (SSSR count). The van der Waals surface area contributed by atoms with Crippen molar-refractivity contribution in [2.24, 2.45) is 0 Å². The molecule has 0 radical (unpaired) electrons. The fraction of sp³-hybridized carbons (Fsp3) is 0.143. The van der Waals surface area contributed by atoms with Crippen LogP contribution < -0.4 is 5.73 Å². The van der Waals surface area contributed by atoms with Crippen LogP contribution in [0, 0.1) is 13.8 Å². The molecule has 0 unspecified atom stereocenters. The molecule has 0 fully saturated rings. The lowest BCUT2D eigenvalue weighted by Gasteiger charge is -2.09. The van der Waals surface area contributed by atoms with Crippen molar-refractivity contribution in [1.82, 2.24) is 9.97 Å². The van der Waals surface area contributed by atoms with Crippen LogP contribution in [0.15, 0.2) is 29.6 Å². The maximum absolute atomic E-state index is 5.93. The van der Waals surface area contributed by atoms with Crippen molar-refractivity contribution >= 4 is 27.2 Å². The summed E-state index contributed by atoms with van der Waals surface area (Å²) in [6.07, 6.45) is 0. The molecule has 0 aliphatic heterocycles. The second-order valence-electron chi connectivity index (χ2n) is 4.27. The first-order valence-corrected chi connectivity index (χ1v) is 6.62. The van der Waals surface area contributed by atoms with Crippen molar-refractivity contribution in [3.8, 4) is 11.3 Å². The number of fused-ring (bicyclic) bond motifs is 1. The zero-order valence-corrected chi connectivity index (χ0v) is 11.1. The van der Waals surface area contributed by atoms with Gasteiger partial charge in [0.2, 0.25) is 0 Å². The maximum Gasteiger partial charge on any atom is 0.130 e. The number of hydrogen-bond donors (Lipinski definition) is 1. The van der Waals surface area contributed by atoms with E-state index in [1.165, 1.54) is 10.1 Å². The highest BCUT2D eigenvalue weighted by Gasteiger charge is 2.12. The van der Waals surface area contributed by atoms with E-state index >= 15 is 0 Å². The first-order valence-electron chi connectivity index (χ1n) is 5.74. The van der Waals surface area contributed by atoms with Gasteiger partial charge in [-0.1, -0.05) is 18.2 Å². The summed E-state index contributed by atoms with van der Waals surface area (Å²) in [5.74, 6) is 1.27. The molecule has 0 saturated carbocycles. The molecule has 1 aromatic carbocycles. The van der Waals surface area contributed by atoms with Gasteiger partial charge in [-0.3, -0.25) is 0 Å². The average molecular weight is 255 g/mol. The molecule has 0 atom stereocenters. The summed E-state index contributed by atoms with van der Waals surface area (Å²) in [6.45, 7) is 3.84. The van der Waals surface area contributed by atoms with E-state index in [2.05, 4.69) is 39.6 Å². The van der Waals surface area contributed by atoms with Crippen LogP contribution in [0.25, 0.3) is 21.3 Å². The first kappa shape index (κ1) is 11.2. The molecule has 0 bridgehead atoms. The molecular formula is C14H13N3S. The highest BCUT2D eigenvalue weighted by atomic mass is 32.1. The normalized spacial score (nSPS) is 11.0. The summed E-state index contributed by atoms with van der Waals surface area (Å²) in [6, 6.07) is 8.38. The number of nitrogens with zero attached hydrogens (tertiary/aromatic N) is 2. The number of aromatic nitrogens is 2. The molecule has 2 heterocycles. The van der Waals surface area contributed by atoms with Gasteiger partial charge in [-0.05, 0) is 30.7 Å². The lowest BCUT2D eigenvalue weighted by Crippen LogP contribution is -2.02. The Kier molecular flexibility index (Phi) is 2.52. The monoisotopic (exact) mass is 255 g/mol. The molecule has 18 heavy (non-hydrogen) atoms. The van der Waals surface area contributed by atoms with Gasteiger partial charge in [-0.15, -0.1) is 11.3 Å². The molecule has 2 aromatic heterocycles. The van der Waals surface area contributed by atoms with Gasteiger partial charge < -0.3 is 5.73 Å². The van der Waals surface area contributed by atoms with E-state index in [4.69, 9.17) is 5.73 Å². The molecule has 0 aliphatic carbocycles. The Hall–Kier alpha value is -1.94. The summed E-state index contributed by atoms with van der Waals surface area (Å²) < 4.78 is 1.25. The molecular weight excluding hydrogens is 242 g/mol. The van der Waals surface area contributed by atoms with Gasteiger partial charge in [0.25, 0.3) is 0 Å². The number of benzene rings is 1. The Morgan fingerprint density at radius 2 is 1.94 bits per heavy atom. The summed E-state index contributed by atoms with van der Waals surface area (Å²) >= 11 is 1.73. The van der Waals surface area contributed by atoms with Crippen LogP contribution in [0.3, 0.4) is 0 Å². The molecule has 3 aromatic rings. The predicted molar refractivity (Wildman–Crippen MR) is 76.7 cm³/mol. The highest BCUT2D eigenvalue weighted by molar-refractivity contribution is 7.17. The van der Waals surface area contributed by atoms with Crippen molar-refractivity contribution in [2.75, 3.05) is 5.73 Å². The lowest BCUT2D eigenvalue weighted by atomic mass is 10.1. The minimum Gasteiger partial charge on any atom is -0.383 e. The van der Waals surface area contributed by atoms with Crippen LogP contribution in [-0.4, -0.2) is 9.97 Å². The summed E-state index contributed by atoms with van der Waals surface area (Å²) in [5.41, 5.74) is 8.95. The minimum atomic E-state index is 0.561. The SMILES string of the molecule is Cc1nc(N)c(C)c(-c2cccc3ccsc23)n1. The van der Waals surface area contributed by atoms with Crippen LogP contribution >= 0.6 is 11.3 Å². The smallest absolute Gasteiger partial charge is 0.130 e. The zero-order chi connectivity index (χ0) is 12.7. The van der Waals surface area contributed by atoms with Gasteiger partial charge in [-0.25, -0.2) is 9.97 Å². The number of aryl methyl sites for hydroxylation is 1. The summed E-state index contributed by atoms with van der Waals surface area (Å²) in [5, 5.41) is 3.34. The third-order valence-electron chi connectivity index (χ3n) is 3.03. The van der Waals surface area contributed by atoms with Gasteiger partial charge in [0.05, 0.1) is 5.69 Å². The third kappa shape index (κ3) is 1.66. The van der Waals surface area contributed by atoms with Crippen LogP contribution in [0.1, 0.15) is 11.4 Å². The second-order valence-corrected chi connectivity index (χ2v) is 5.19. The van der Waals surface area contributed by atoms with E-state index in [-0.39, 0.29) is 0 Å². The zero-order valence-electron chi connectivity index (χ0n) is 10.3. The Bertz CT molecular complexity index is 731. The number of anilines is 1. The van der Waals surface area contributed by atoms with Gasteiger partial charge in [0, 0.05) is 15.8 Å². The molecule has 2 N–H and O–H groups in total. The maximum atomic E-state index is 5.93. The van der Waals surface area contributed by atoms with Crippen molar-refractivity contribution < 1.29 is 0 Å². The van der Waals surface area contributed by atoms with Gasteiger partial charge in [0.1, 0.15) is 11.6 Å². The van der Waals surface area contributed by atoms with Gasteiger partial charge >= 0.3 is 0 Å². The summed E-state index contributed by atoms with van der Waals surface area (Å²) in [7, 11) is 0. The van der Waals surface area contributed by atoms with Crippen LogP contribution in [0.5, 0.6) is 0 Å². The lowest BCUT2D eigenvalue weighted by molar-refractivity contribution is 1.05. The van der Waals surface area contributed by atoms with E-state index in [1.54, 1.807) is 11.3 Å². The van der Waals surface area contributed by atoms with E-state index in [9.17, 15) is 0 Å². The third-order valence-corrected chi connectivity index (χ3v) is 3.99. The molecule has 90 valence electrons. The van der Waals surface area contributed by atoms with E-state index < -0.39 is 0 Å². The quantitative estimate of drug-likeness (QED) is 0.723. The Balaban J connectivity index is 2.36. The van der Waals surface area contributed by atoms with E-state index in [1.807, 2.05) is 13.8 Å². The predicted octanol–water partition coefficient (Wildman–Crippen LogP) is 3.56. The van der Waals surface area contributed by atoms with Gasteiger partial charge in [0.15, 0.2) is 0 Å². The number of hydrogen-bond acceptors (Lipinski definition) is 4. The van der Waals surface area contributed by atoms with Crippen LogP contribution in [-0.2, 0) is 0 Å². The average Bonchev–Trinajstić information content (AvgIpc) is 2.81. The fourth-order valence-electron chi connectivity index (χ4n) is 2.09. The molecule has 3 nitrogen and oxygen atoms in total. The number of nitrogen functional groups attached to an aromatic ring is 1. The fourth-order valence-corrected chi connectivity index (χ4v) is 3.01. The summed E-state index contributed by atoms with van der Waals surface area (Å²) in [4.78, 5) is 8.75. The Morgan fingerprint density at radius 3 is 2.78 bits per heavy atom. The molecule has 4 heteroatoms. The standard InChI is InChI=1S/C14H13N3S/c1-8-12(16-9(2)17-14(8)15)11-5-3-4-10-6-7-18-13(10)11/h3-7H,1-2H3,(H2,15,16,17).